The fraction of sp³-hybridized carbons (Fsp3) is 0.231. The van der Waals surface area contributed by atoms with Crippen molar-refractivity contribution in [3.8, 4) is 11.6 Å². The molecular weight excluding hydrogens is 276 g/mol. The summed E-state index contributed by atoms with van der Waals surface area (Å²) < 4.78 is 1.69. The minimum absolute atomic E-state index is 0.106. The molecule has 1 heterocycles. The first-order valence-corrected chi connectivity index (χ1v) is 6.03. The number of aromatic nitrogens is 2. The van der Waals surface area contributed by atoms with Crippen LogP contribution in [0.1, 0.15) is 5.56 Å². The van der Waals surface area contributed by atoms with Crippen molar-refractivity contribution < 1.29 is 10.2 Å². The molecule has 8 nitrogen and oxygen atoms in total. The Morgan fingerprint density at radius 1 is 1.05 bits per heavy atom. The van der Waals surface area contributed by atoms with Gasteiger partial charge in [-0.25, -0.2) is 4.79 Å². The molecule has 0 radical (unpaired) electrons. The van der Waals surface area contributed by atoms with Crippen LogP contribution in [0.3, 0.4) is 0 Å². The van der Waals surface area contributed by atoms with E-state index in [4.69, 9.17) is 0 Å². The average Bonchev–Trinajstić information content (AvgIpc) is 2.46. The van der Waals surface area contributed by atoms with Gasteiger partial charge in [0.15, 0.2) is 0 Å². The molecule has 0 aliphatic heterocycles. The molecule has 2 rings (SSSR count). The van der Waals surface area contributed by atoms with Crippen molar-refractivity contribution in [1.82, 2.24) is 9.13 Å². The van der Waals surface area contributed by atoms with E-state index in [1.807, 2.05) is 0 Å². The lowest BCUT2D eigenvalue weighted by Crippen LogP contribution is -2.36. The van der Waals surface area contributed by atoms with Gasteiger partial charge in [-0.15, -0.1) is 10.2 Å². The zero-order chi connectivity index (χ0) is 15.7. The van der Waals surface area contributed by atoms with Crippen LogP contribution in [-0.4, -0.2) is 19.3 Å². The minimum Gasteiger partial charge on any atom is -0.506 e. The molecule has 0 amide bonds. The van der Waals surface area contributed by atoms with Crippen LogP contribution in [0.25, 0.3) is 0 Å². The summed E-state index contributed by atoms with van der Waals surface area (Å²) in [4.78, 5) is 23.5. The maximum Gasteiger partial charge on any atom is 0.333 e. The molecule has 0 saturated carbocycles. The first-order chi connectivity index (χ1) is 9.82. The summed E-state index contributed by atoms with van der Waals surface area (Å²) in [5, 5.41) is 26.9. The third-order valence-electron chi connectivity index (χ3n) is 3.00. The maximum atomic E-state index is 11.9. The Morgan fingerprint density at radius 3 is 2.38 bits per heavy atom. The SMILES string of the molecule is Cc1ccc(O)c(N=Nc2c(O)n(C)c(=O)n(C)c2=O)c1. The highest BCUT2D eigenvalue weighted by Crippen LogP contribution is 2.29. The fourth-order valence-corrected chi connectivity index (χ4v) is 1.72. The number of hydrogen-bond acceptors (Lipinski definition) is 6. The predicted molar refractivity (Wildman–Crippen MR) is 75.6 cm³/mol. The number of phenols is 1. The van der Waals surface area contributed by atoms with E-state index in [1.165, 1.54) is 20.2 Å². The number of aromatic hydroxyl groups is 2. The smallest absolute Gasteiger partial charge is 0.333 e. The lowest BCUT2D eigenvalue weighted by Gasteiger charge is -2.06. The molecule has 1 aromatic carbocycles. The Morgan fingerprint density at radius 2 is 1.71 bits per heavy atom. The molecule has 21 heavy (non-hydrogen) atoms. The molecule has 0 atom stereocenters. The van der Waals surface area contributed by atoms with Gasteiger partial charge in [0.25, 0.3) is 5.56 Å². The molecule has 0 bridgehead atoms. The molecule has 0 aliphatic rings. The van der Waals surface area contributed by atoms with Crippen molar-refractivity contribution in [2.24, 2.45) is 24.3 Å². The molecule has 1 aromatic heterocycles. The van der Waals surface area contributed by atoms with Crippen LogP contribution in [0, 0.1) is 6.92 Å². The Kier molecular flexibility index (Phi) is 3.62. The number of phenolic OH excluding ortho intramolecular Hbond substituents is 1. The van der Waals surface area contributed by atoms with Crippen molar-refractivity contribution in [2.45, 2.75) is 6.92 Å². The van der Waals surface area contributed by atoms with Gasteiger partial charge in [-0.3, -0.25) is 13.9 Å². The summed E-state index contributed by atoms with van der Waals surface area (Å²) in [6.07, 6.45) is 0. The van der Waals surface area contributed by atoms with Gasteiger partial charge in [-0.1, -0.05) is 6.07 Å². The number of azo groups is 1. The fourth-order valence-electron chi connectivity index (χ4n) is 1.72. The second-order valence-corrected chi connectivity index (χ2v) is 4.57. The van der Waals surface area contributed by atoms with Gasteiger partial charge >= 0.3 is 5.69 Å². The summed E-state index contributed by atoms with van der Waals surface area (Å²) in [5.41, 5.74) is -0.813. The second kappa shape index (κ2) is 5.23. The normalized spacial score (nSPS) is 11.2. The largest absolute Gasteiger partial charge is 0.506 e. The van der Waals surface area contributed by atoms with Crippen molar-refractivity contribution in [3.63, 3.8) is 0 Å². The Labute approximate surface area is 119 Å². The van der Waals surface area contributed by atoms with Crippen LogP contribution in [0.2, 0.25) is 0 Å². The van der Waals surface area contributed by atoms with Crippen molar-refractivity contribution >= 4 is 11.4 Å². The minimum atomic E-state index is -0.772. The first-order valence-electron chi connectivity index (χ1n) is 6.03. The number of nitrogens with zero attached hydrogens (tertiary/aromatic N) is 4. The van der Waals surface area contributed by atoms with E-state index in [1.54, 1.807) is 19.1 Å². The van der Waals surface area contributed by atoms with Gasteiger partial charge in [0, 0.05) is 14.1 Å². The van der Waals surface area contributed by atoms with Crippen LogP contribution in [-0.2, 0) is 14.1 Å². The molecule has 0 aliphatic carbocycles. The topological polar surface area (TPSA) is 109 Å². The highest BCUT2D eigenvalue weighted by Gasteiger charge is 2.14. The number of hydrogen-bond donors (Lipinski definition) is 2. The van der Waals surface area contributed by atoms with E-state index in [-0.39, 0.29) is 17.1 Å². The molecule has 2 aromatic rings. The van der Waals surface area contributed by atoms with E-state index in [0.29, 0.717) is 0 Å². The van der Waals surface area contributed by atoms with Crippen molar-refractivity contribution in [1.29, 1.82) is 0 Å². The number of aryl methyl sites for hydroxylation is 1. The summed E-state index contributed by atoms with van der Waals surface area (Å²) in [5.74, 6) is -0.690. The monoisotopic (exact) mass is 290 g/mol. The van der Waals surface area contributed by atoms with Gasteiger partial charge < -0.3 is 10.2 Å². The first kappa shape index (κ1) is 14.5. The van der Waals surface area contributed by atoms with Crippen LogP contribution in [0.15, 0.2) is 38.0 Å². The molecule has 2 N–H and O–H groups in total. The molecule has 110 valence electrons. The van der Waals surface area contributed by atoms with Gasteiger partial charge in [-0.05, 0) is 24.6 Å². The zero-order valence-electron chi connectivity index (χ0n) is 11.7. The Hall–Kier alpha value is -2.90. The molecule has 0 fully saturated rings. The highest BCUT2D eigenvalue weighted by molar-refractivity contribution is 5.53. The lowest BCUT2D eigenvalue weighted by atomic mass is 10.2. The quantitative estimate of drug-likeness (QED) is 0.810. The van der Waals surface area contributed by atoms with Crippen LogP contribution >= 0.6 is 0 Å². The maximum absolute atomic E-state index is 11.9. The molecule has 0 unspecified atom stereocenters. The molecule has 0 spiro atoms. The Balaban J connectivity index is 2.59. The molecule has 0 saturated heterocycles. The van der Waals surface area contributed by atoms with Gasteiger partial charge in [0.2, 0.25) is 11.6 Å². The van der Waals surface area contributed by atoms with E-state index in [0.717, 1.165) is 14.7 Å². The van der Waals surface area contributed by atoms with Crippen molar-refractivity contribution in [3.05, 3.63) is 44.6 Å². The summed E-state index contributed by atoms with van der Waals surface area (Å²) >= 11 is 0. The van der Waals surface area contributed by atoms with Crippen molar-refractivity contribution in [2.75, 3.05) is 0 Å². The molecular formula is C13H14N4O4. The predicted octanol–water partition coefficient (Wildman–Crippen LogP) is 1.22. The van der Waals surface area contributed by atoms with Gasteiger partial charge in [-0.2, -0.15) is 0 Å². The summed E-state index contributed by atoms with van der Waals surface area (Å²) in [7, 11) is 2.58. The van der Waals surface area contributed by atoms with Crippen LogP contribution in [0.5, 0.6) is 11.6 Å². The lowest BCUT2D eigenvalue weighted by molar-refractivity contribution is 0.413. The Bertz CT molecular complexity index is 848. The number of rotatable bonds is 2. The van der Waals surface area contributed by atoms with E-state index < -0.39 is 17.1 Å². The highest BCUT2D eigenvalue weighted by atomic mass is 16.3. The van der Waals surface area contributed by atoms with E-state index in [9.17, 15) is 19.8 Å². The molecule has 8 heteroatoms. The zero-order valence-corrected chi connectivity index (χ0v) is 11.7. The van der Waals surface area contributed by atoms with Gasteiger partial charge in [0.1, 0.15) is 11.4 Å². The van der Waals surface area contributed by atoms with Crippen LogP contribution in [0.4, 0.5) is 11.4 Å². The third-order valence-corrected chi connectivity index (χ3v) is 3.00. The van der Waals surface area contributed by atoms with E-state index >= 15 is 0 Å². The standard InChI is InChI=1S/C13H14N4O4/c1-7-4-5-9(18)8(6-7)14-15-10-11(19)16(2)13(21)17(3)12(10)20/h4-6,18-19H,1-3H3. The summed E-state index contributed by atoms with van der Waals surface area (Å²) in [6, 6.07) is 4.71. The van der Waals surface area contributed by atoms with E-state index in [2.05, 4.69) is 10.2 Å². The average molecular weight is 290 g/mol. The third kappa shape index (κ3) is 2.55. The van der Waals surface area contributed by atoms with Gasteiger partial charge in [0.05, 0.1) is 0 Å². The summed E-state index contributed by atoms with van der Waals surface area (Å²) in [6.45, 7) is 1.81. The second-order valence-electron chi connectivity index (χ2n) is 4.57. The van der Waals surface area contributed by atoms with Crippen LogP contribution < -0.4 is 11.2 Å². The number of benzene rings is 1.